The molecule has 0 bridgehead atoms. The van der Waals surface area contributed by atoms with Gasteiger partial charge >= 0.3 is 6.03 Å². The SMILES string of the molecule is CCCN1C(=O)C(C)(C)COc2ccc(NC(=O)NCCc3ccc(OC)cc3)cc21. The number of methoxy groups -OCH3 is 1. The van der Waals surface area contributed by atoms with Crippen LogP contribution in [0.2, 0.25) is 0 Å². The highest BCUT2D eigenvalue weighted by Gasteiger charge is 2.37. The number of nitrogens with one attached hydrogen (secondary N) is 2. The second kappa shape index (κ2) is 9.73. The van der Waals surface area contributed by atoms with Crippen molar-refractivity contribution in [3.05, 3.63) is 48.0 Å². The van der Waals surface area contributed by atoms with E-state index in [9.17, 15) is 9.59 Å². The van der Waals surface area contributed by atoms with Gasteiger partial charge in [-0.05, 0) is 62.6 Å². The first-order valence-corrected chi connectivity index (χ1v) is 10.6. The lowest BCUT2D eigenvalue weighted by Gasteiger charge is -2.27. The molecule has 1 aliphatic rings. The molecule has 0 atom stereocenters. The minimum Gasteiger partial charge on any atom is -0.497 e. The molecule has 3 amide bonds. The molecular weight excluding hydrogens is 394 g/mol. The monoisotopic (exact) mass is 425 g/mol. The quantitative estimate of drug-likeness (QED) is 0.696. The molecule has 0 saturated carbocycles. The number of urea groups is 1. The maximum Gasteiger partial charge on any atom is 0.319 e. The highest BCUT2D eigenvalue weighted by atomic mass is 16.5. The second-order valence-corrected chi connectivity index (χ2v) is 8.29. The van der Waals surface area contributed by atoms with Crippen LogP contribution in [-0.2, 0) is 11.2 Å². The van der Waals surface area contributed by atoms with Crippen molar-refractivity contribution in [2.75, 3.05) is 37.0 Å². The third kappa shape index (κ3) is 5.48. The van der Waals surface area contributed by atoms with Crippen molar-refractivity contribution in [3.63, 3.8) is 0 Å². The fraction of sp³-hybridized carbons (Fsp3) is 0.417. The van der Waals surface area contributed by atoms with Gasteiger partial charge in [-0.2, -0.15) is 0 Å². The van der Waals surface area contributed by atoms with Gasteiger partial charge in [0, 0.05) is 18.8 Å². The van der Waals surface area contributed by atoms with E-state index in [4.69, 9.17) is 9.47 Å². The predicted octanol–water partition coefficient (Wildman–Crippen LogP) is 4.22. The molecule has 0 unspecified atom stereocenters. The Kier molecular flexibility index (Phi) is 7.05. The number of hydrogen-bond acceptors (Lipinski definition) is 4. The van der Waals surface area contributed by atoms with Crippen LogP contribution in [0.25, 0.3) is 0 Å². The van der Waals surface area contributed by atoms with Crippen LogP contribution in [0.4, 0.5) is 16.2 Å². The minimum atomic E-state index is -0.611. The van der Waals surface area contributed by atoms with Gasteiger partial charge in [0.15, 0.2) is 0 Å². The van der Waals surface area contributed by atoms with E-state index in [1.165, 1.54) is 0 Å². The molecule has 0 saturated heterocycles. The number of carbonyl (C=O) groups excluding carboxylic acids is 2. The Hall–Kier alpha value is -3.22. The molecule has 2 aromatic carbocycles. The van der Waals surface area contributed by atoms with Crippen LogP contribution in [0, 0.1) is 5.41 Å². The lowest BCUT2D eigenvalue weighted by molar-refractivity contribution is -0.127. The van der Waals surface area contributed by atoms with E-state index in [0.717, 1.165) is 17.7 Å². The maximum atomic E-state index is 13.0. The first-order valence-electron chi connectivity index (χ1n) is 10.6. The van der Waals surface area contributed by atoms with Gasteiger partial charge < -0.3 is 25.0 Å². The summed E-state index contributed by atoms with van der Waals surface area (Å²) in [4.78, 5) is 27.1. The number of amides is 3. The predicted molar refractivity (Wildman–Crippen MR) is 122 cm³/mol. The summed E-state index contributed by atoms with van der Waals surface area (Å²) in [5, 5.41) is 5.72. The first kappa shape index (κ1) is 22.5. The Morgan fingerprint density at radius 2 is 1.94 bits per heavy atom. The number of nitrogens with zero attached hydrogens (tertiary/aromatic N) is 1. The van der Waals surface area contributed by atoms with Gasteiger partial charge in [-0.3, -0.25) is 4.79 Å². The maximum absolute atomic E-state index is 13.0. The standard InChI is InChI=1S/C24H31N3O4/c1-5-14-27-20-15-18(8-11-21(20)31-16-24(2,3)22(27)28)26-23(29)25-13-12-17-6-9-19(30-4)10-7-17/h6-11,15H,5,12-14,16H2,1-4H3,(H2,25,26,29). The lowest BCUT2D eigenvalue weighted by atomic mass is 9.93. The van der Waals surface area contributed by atoms with Crippen molar-refractivity contribution in [1.82, 2.24) is 5.32 Å². The number of carbonyl (C=O) groups is 2. The highest BCUT2D eigenvalue weighted by molar-refractivity contribution is 6.00. The Balaban J connectivity index is 1.64. The summed E-state index contributed by atoms with van der Waals surface area (Å²) < 4.78 is 11.1. The molecule has 0 spiro atoms. The number of hydrogen-bond donors (Lipinski definition) is 2. The van der Waals surface area contributed by atoms with Gasteiger partial charge in [-0.15, -0.1) is 0 Å². The molecular formula is C24H31N3O4. The third-order valence-electron chi connectivity index (χ3n) is 5.23. The molecule has 2 aromatic rings. The minimum absolute atomic E-state index is 0.0224. The third-order valence-corrected chi connectivity index (χ3v) is 5.23. The fourth-order valence-electron chi connectivity index (χ4n) is 3.46. The van der Waals surface area contributed by atoms with Crippen LogP contribution in [0.15, 0.2) is 42.5 Å². The van der Waals surface area contributed by atoms with Crippen LogP contribution < -0.4 is 25.0 Å². The number of ether oxygens (including phenoxy) is 2. The van der Waals surface area contributed by atoms with Crippen molar-refractivity contribution in [1.29, 1.82) is 0 Å². The molecule has 31 heavy (non-hydrogen) atoms. The number of rotatable bonds is 7. The van der Waals surface area contributed by atoms with Crippen molar-refractivity contribution in [2.45, 2.75) is 33.6 Å². The summed E-state index contributed by atoms with van der Waals surface area (Å²) in [6, 6.07) is 12.9. The Morgan fingerprint density at radius 1 is 1.19 bits per heavy atom. The van der Waals surface area contributed by atoms with E-state index < -0.39 is 5.41 Å². The van der Waals surface area contributed by atoms with Gasteiger partial charge in [-0.25, -0.2) is 4.79 Å². The van der Waals surface area contributed by atoms with Crippen LogP contribution in [-0.4, -0.2) is 38.7 Å². The molecule has 166 valence electrons. The molecule has 7 nitrogen and oxygen atoms in total. The zero-order valence-corrected chi connectivity index (χ0v) is 18.7. The molecule has 7 heteroatoms. The van der Waals surface area contributed by atoms with Crippen molar-refractivity contribution < 1.29 is 19.1 Å². The molecule has 0 radical (unpaired) electrons. The summed E-state index contributed by atoms with van der Waals surface area (Å²) in [7, 11) is 1.63. The number of benzene rings is 2. The fourth-order valence-corrected chi connectivity index (χ4v) is 3.46. The van der Waals surface area contributed by atoms with E-state index in [0.29, 0.717) is 43.2 Å². The second-order valence-electron chi connectivity index (χ2n) is 8.29. The molecule has 0 aromatic heterocycles. The van der Waals surface area contributed by atoms with Gasteiger partial charge in [0.25, 0.3) is 0 Å². The van der Waals surface area contributed by atoms with Crippen molar-refractivity contribution in [3.8, 4) is 11.5 Å². The Labute approximate surface area is 183 Å². The van der Waals surface area contributed by atoms with E-state index >= 15 is 0 Å². The average molecular weight is 426 g/mol. The van der Waals surface area contributed by atoms with E-state index in [1.807, 2.05) is 45.0 Å². The van der Waals surface area contributed by atoms with E-state index in [2.05, 4.69) is 10.6 Å². The topological polar surface area (TPSA) is 79.9 Å². The van der Waals surface area contributed by atoms with Gasteiger partial charge in [0.2, 0.25) is 5.91 Å². The summed E-state index contributed by atoms with van der Waals surface area (Å²) in [5.74, 6) is 1.48. The number of anilines is 2. The lowest BCUT2D eigenvalue weighted by Crippen LogP contribution is -2.42. The smallest absolute Gasteiger partial charge is 0.319 e. The van der Waals surface area contributed by atoms with Crippen LogP contribution in [0.5, 0.6) is 11.5 Å². The van der Waals surface area contributed by atoms with Crippen LogP contribution >= 0.6 is 0 Å². The normalized spacial score (nSPS) is 14.8. The summed E-state index contributed by atoms with van der Waals surface area (Å²) >= 11 is 0. The van der Waals surface area contributed by atoms with E-state index in [1.54, 1.807) is 30.2 Å². The van der Waals surface area contributed by atoms with Gasteiger partial charge in [0.1, 0.15) is 18.1 Å². The average Bonchev–Trinajstić information content (AvgIpc) is 2.84. The molecule has 0 aliphatic carbocycles. The van der Waals surface area contributed by atoms with Crippen molar-refractivity contribution in [2.24, 2.45) is 5.41 Å². The van der Waals surface area contributed by atoms with Gasteiger partial charge in [0.05, 0.1) is 18.2 Å². The Morgan fingerprint density at radius 3 is 2.61 bits per heavy atom. The molecule has 1 aliphatic heterocycles. The zero-order valence-electron chi connectivity index (χ0n) is 18.7. The number of fused-ring (bicyclic) bond motifs is 1. The molecule has 0 fully saturated rings. The summed E-state index contributed by atoms with van der Waals surface area (Å²) in [5.41, 5.74) is 1.80. The van der Waals surface area contributed by atoms with E-state index in [-0.39, 0.29) is 11.9 Å². The van der Waals surface area contributed by atoms with Crippen LogP contribution in [0.3, 0.4) is 0 Å². The molecule has 1 heterocycles. The molecule has 3 rings (SSSR count). The first-order chi connectivity index (χ1) is 14.8. The highest BCUT2D eigenvalue weighted by Crippen LogP contribution is 2.38. The zero-order chi connectivity index (χ0) is 22.4. The van der Waals surface area contributed by atoms with Crippen LogP contribution in [0.1, 0.15) is 32.8 Å². The molecule has 2 N–H and O–H groups in total. The summed E-state index contributed by atoms with van der Waals surface area (Å²) in [6.45, 7) is 7.22. The van der Waals surface area contributed by atoms with Crippen molar-refractivity contribution >= 4 is 23.3 Å². The van der Waals surface area contributed by atoms with Gasteiger partial charge in [-0.1, -0.05) is 19.1 Å². The largest absolute Gasteiger partial charge is 0.497 e. The summed E-state index contributed by atoms with van der Waals surface area (Å²) in [6.07, 6.45) is 1.54. The Bertz CT molecular complexity index is 925.